The fourth-order valence-corrected chi connectivity index (χ4v) is 1.93. The van der Waals surface area contributed by atoms with Gasteiger partial charge in [-0.05, 0) is 13.8 Å². The molecule has 0 radical (unpaired) electrons. The molecule has 0 bridgehead atoms. The summed E-state index contributed by atoms with van der Waals surface area (Å²) in [6, 6.07) is -0.468. The molecule has 1 rings (SSSR count). The molecule has 1 atom stereocenters. The lowest BCUT2D eigenvalue weighted by Crippen LogP contribution is -2.42. The van der Waals surface area contributed by atoms with E-state index in [-0.39, 0.29) is 11.2 Å². The van der Waals surface area contributed by atoms with E-state index in [9.17, 15) is 9.59 Å². The lowest BCUT2D eigenvalue weighted by molar-refractivity contribution is -0.119. The zero-order valence-electron chi connectivity index (χ0n) is 10.1. The summed E-state index contributed by atoms with van der Waals surface area (Å²) in [6.45, 7) is 4.00. The second-order valence-electron chi connectivity index (χ2n) is 3.43. The number of carbonyl (C=O) groups excluding carboxylic acids is 2. The number of amides is 3. The van der Waals surface area contributed by atoms with E-state index >= 15 is 0 Å². The molecule has 0 spiro atoms. The van der Waals surface area contributed by atoms with Crippen LogP contribution in [0.1, 0.15) is 13.8 Å². The number of urea groups is 1. The van der Waals surface area contributed by atoms with Crippen LogP contribution in [0, 0.1) is 0 Å². The van der Waals surface area contributed by atoms with Crippen LogP contribution in [0.2, 0.25) is 0 Å². The molecule has 0 aliphatic rings. The van der Waals surface area contributed by atoms with Crippen LogP contribution in [-0.2, 0) is 11.8 Å². The van der Waals surface area contributed by atoms with E-state index in [4.69, 9.17) is 0 Å². The van der Waals surface area contributed by atoms with Gasteiger partial charge < -0.3 is 9.88 Å². The number of carbonyl (C=O) groups is 2. The largest absolute Gasteiger partial charge is 0.338 e. The molecular weight excluding hydrogens is 240 g/mol. The van der Waals surface area contributed by atoms with Gasteiger partial charge in [-0.1, -0.05) is 11.8 Å². The second-order valence-corrected chi connectivity index (χ2v) is 4.74. The number of aromatic nitrogens is 2. The molecule has 94 valence electrons. The van der Waals surface area contributed by atoms with E-state index in [1.807, 2.05) is 11.6 Å². The molecule has 0 fully saturated rings. The lowest BCUT2D eigenvalue weighted by atomic mass is 10.4. The van der Waals surface area contributed by atoms with Crippen molar-refractivity contribution in [3.63, 3.8) is 0 Å². The van der Waals surface area contributed by atoms with Crippen molar-refractivity contribution in [2.24, 2.45) is 7.05 Å². The molecule has 3 amide bonds. The summed E-state index contributed by atoms with van der Waals surface area (Å²) in [6.07, 6.45) is 3.47. The molecule has 6 nitrogen and oxygen atoms in total. The Morgan fingerprint density at radius 1 is 1.59 bits per heavy atom. The van der Waals surface area contributed by atoms with Crippen LogP contribution in [0.4, 0.5) is 4.79 Å². The van der Waals surface area contributed by atoms with Gasteiger partial charge >= 0.3 is 6.03 Å². The number of hydrogen-bond donors (Lipinski definition) is 2. The van der Waals surface area contributed by atoms with E-state index in [0.717, 1.165) is 5.16 Å². The maximum atomic E-state index is 11.6. The topological polar surface area (TPSA) is 76.0 Å². The maximum Gasteiger partial charge on any atom is 0.321 e. The highest BCUT2D eigenvalue weighted by Gasteiger charge is 2.18. The highest BCUT2D eigenvalue weighted by Crippen LogP contribution is 2.20. The van der Waals surface area contributed by atoms with Gasteiger partial charge in [-0.2, -0.15) is 0 Å². The maximum absolute atomic E-state index is 11.6. The van der Waals surface area contributed by atoms with Gasteiger partial charge in [-0.3, -0.25) is 10.1 Å². The first kappa shape index (κ1) is 13.6. The highest BCUT2D eigenvalue weighted by molar-refractivity contribution is 8.00. The van der Waals surface area contributed by atoms with Crippen LogP contribution in [0.15, 0.2) is 17.6 Å². The summed E-state index contributed by atoms with van der Waals surface area (Å²) in [7, 11) is 1.85. The van der Waals surface area contributed by atoms with Gasteiger partial charge in [-0.25, -0.2) is 9.78 Å². The van der Waals surface area contributed by atoms with Crippen LogP contribution in [0.5, 0.6) is 0 Å². The third-order valence-electron chi connectivity index (χ3n) is 2.00. The van der Waals surface area contributed by atoms with Gasteiger partial charge in [0.15, 0.2) is 5.16 Å². The van der Waals surface area contributed by atoms with Crippen molar-refractivity contribution in [2.45, 2.75) is 24.3 Å². The molecule has 0 saturated heterocycles. The highest BCUT2D eigenvalue weighted by atomic mass is 32.2. The van der Waals surface area contributed by atoms with Crippen molar-refractivity contribution in [1.29, 1.82) is 0 Å². The lowest BCUT2D eigenvalue weighted by Gasteiger charge is -2.10. The van der Waals surface area contributed by atoms with Gasteiger partial charge in [0.1, 0.15) is 0 Å². The average molecular weight is 256 g/mol. The fraction of sp³-hybridized carbons (Fsp3) is 0.500. The zero-order valence-corrected chi connectivity index (χ0v) is 10.9. The number of thioether (sulfide) groups is 1. The first-order chi connectivity index (χ1) is 8.04. The van der Waals surface area contributed by atoms with Crippen LogP contribution in [-0.4, -0.2) is 33.3 Å². The van der Waals surface area contributed by atoms with Crippen LogP contribution < -0.4 is 10.6 Å². The number of imidazole rings is 1. The van der Waals surface area contributed by atoms with Crippen molar-refractivity contribution in [3.8, 4) is 0 Å². The van der Waals surface area contributed by atoms with E-state index in [2.05, 4.69) is 15.6 Å². The summed E-state index contributed by atoms with van der Waals surface area (Å²) in [5.74, 6) is -0.330. The van der Waals surface area contributed by atoms with Crippen molar-refractivity contribution in [1.82, 2.24) is 20.2 Å². The van der Waals surface area contributed by atoms with Crippen molar-refractivity contribution in [3.05, 3.63) is 12.4 Å². The number of nitrogens with one attached hydrogen (secondary N) is 2. The number of hydrogen-bond acceptors (Lipinski definition) is 4. The van der Waals surface area contributed by atoms with E-state index < -0.39 is 6.03 Å². The molecule has 1 heterocycles. The third kappa shape index (κ3) is 4.10. The van der Waals surface area contributed by atoms with Gasteiger partial charge in [-0.15, -0.1) is 0 Å². The third-order valence-corrected chi connectivity index (χ3v) is 3.17. The van der Waals surface area contributed by atoms with Gasteiger partial charge in [0.25, 0.3) is 0 Å². The number of rotatable bonds is 4. The smallest absolute Gasteiger partial charge is 0.321 e. The Morgan fingerprint density at radius 3 is 2.82 bits per heavy atom. The molecule has 0 aliphatic heterocycles. The van der Waals surface area contributed by atoms with Crippen molar-refractivity contribution < 1.29 is 9.59 Å². The molecule has 0 aliphatic carbocycles. The first-order valence-electron chi connectivity index (χ1n) is 5.27. The minimum Gasteiger partial charge on any atom is -0.338 e. The Hall–Kier alpha value is -1.50. The number of imide groups is 1. The van der Waals surface area contributed by atoms with E-state index in [1.54, 1.807) is 26.2 Å². The number of nitrogens with zero attached hydrogens (tertiary/aromatic N) is 2. The Morgan fingerprint density at radius 2 is 2.29 bits per heavy atom. The summed E-state index contributed by atoms with van der Waals surface area (Å²) in [5.41, 5.74) is 0. The Kier molecular flexibility index (Phi) is 5.02. The molecule has 17 heavy (non-hydrogen) atoms. The first-order valence-corrected chi connectivity index (χ1v) is 6.15. The number of aryl methyl sites for hydroxylation is 1. The zero-order chi connectivity index (χ0) is 12.8. The normalized spacial score (nSPS) is 11.9. The molecule has 0 aromatic carbocycles. The predicted octanol–water partition coefficient (Wildman–Crippen LogP) is 0.746. The average Bonchev–Trinajstić information content (AvgIpc) is 2.64. The van der Waals surface area contributed by atoms with E-state index in [0.29, 0.717) is 6.54 Å². The molecule has 2 N–H and O–H groups in total. The monoisotopic (exact) mass is 256 g/mol. The van der Waals surface area contributed by atoms with Crippen LogP contribution >= 0.6 is 11.8 Å². The van der Waals surface area contributed by atoms with E-state index in [1.165, 1.54) is 11.8 Å². The predicted molar refractivity (Wildman–Crippen MR) is 65.7 cm³/mol. The van der Waals surface area contributed by atoms with Gasteiger partial charge in [0.05, 0.1) is 5.25 Å². The molecule has 0 saturated carbocycles. The Labute approximate surface area is 104 Å². The summed E-state index contributed by atoms with van der Waals surface area (Å²) in [5, 5.41) is 5.13. The van der Waals surface area contributed by atoms with Crippen molar-refractivity contribution >= 4 is 23.7 Å². The summed E-state index contributed by atoms with van der Waals surface area (Å²) >= 11 is 1.30. The minimum atomic E-state index is -0.468. The van der Waals surface area contributed by atoms with Gasteiger partial charge in [0.2, 0.25) is 5.91 Å². The van der Waals surface area contributed by atoms with Crippen molar-refractivity contribution in [2.75, 3.05) is 6.54 Å². The summed E-state index contributed by atoms with van der Waals surface area (Å²) in [4.78, 5) is 26.9. The Bertz CT molecular complexity index is 405. The molecule has 1 unspecified atom stereocenters. The second kappa shape index (κ2) is 6.29. The SMILES string of the molecule is CCNC(=O)NC(=O)C(C)Sc1nccn1C. The van der Waals surface area contributed by atoms with Crippen LogP contribution in [0.25, 0.3) is 0 Å². The molecule has 1 aromatic rings. The van der Waals surface area contributed by atoms with Crippen LogP contribution in [0.3, 0.4) is 0 Å². The Balaban J connectivity index is 2.47. The molecular formula is C10H16N4O2S. The minimum absolute atomic E-state index is 0.330. The fourth-order valence-electron chi connectivity index (χ4n) is 1.10. The molecule has 7 heteroatoms. The quantitative estimate of drug-likeness (QED) is 0.779. The molecule has 1 aromatic heterocycles. The van der Waals surface area contributed by atoms with Gasteiger partial charge in [0, 0.05) is 26.0 Å². The standard InChI is InChI=1S/C10H16N4O2S/c1-4-11-9(16)13-8(15)7(2)17-10-12-5-6-14(10)3/h5-7H,4H2,1-3H3,(H2,11,13,15,16). The summed E-state index contributed by atoms with van der Waals surface area (Å²) < 4.78 is 1.82.